The first-order chi connectivity index (χ1) is 12.3. The Morgan fingerprint density at radius 3 is 2.46 bits per heavy atom. The quantitative estimate of drug-likeness (QED) is 0.859. The Balaban J connectivity index is 1.68. The molecule has 2 heterocycles. The van der Waals surface area contributed by atoms with Crippen molar-refractivity contribution in [3.63, 3.8) is 0 Å². The van der Waals surface area contributed by atoms with Gasteiger partial charge in [-0.3, -0.25) is 9.59 Å². The van der Waals surface area contributed by atoms with E-state index in [9.17, 15) is 14.7 Å². The third-order valence-corrected chi connectivity index (χ3v) is 5.94. The molecule has 0 aliphatic carbocycles. The zero-order valence-corrected chi connectivity index (χ0v) is 15.7. The van der Waals surface area contributed by atoms with Crippen LogP contribution in [0, 0.1) is 5.41 Å². The van der Waals surface area contributed by atoms with E-state index in [-0.39, 0.29) is 17.9 Å². The molecule has 3 rings (SSSR count). The van der Waals surface area contributed by atoms with Crippen molar-refractivity contribution >= 4 is 11.8 Å². The van der Waals surface area contributed by atoms with Crippen LogP contribution in [-0.2, 0) is 14.3 Å². The highest BCUT2D eigenvalue weighted by atomic mass is 16.5. The van der Waals surface area contributed by atoms with E-state index in [4.69, 9.17) is 4.74 Å². The van der Waals surface area contributed by atoms with Crippen molar-refractivity contribution in [2.24, 2.45) is 5.41 Å². The molecule has 1 spiro atoms. The minimum absolute atomic E-state index is 0.0187. The molecule has 1 aromatic carbocycles. The average Bonchev–Trinajstić information content (AvgIpc) is 2.65. The Bertz CT molecular complexity index is 666. The molecule has 2 fully saturated rings. The number of rotatable bonds is 3. The molecule has 2 atom stereocenters. The maximum atomic E-state index is 12.9. The number of benzene rings is 1. The number of piperidine rings is 2. The van der Waals surface area contributed by atoms with Gasteiger partial charge in [-0.1, -0.05) is 30.3 Å². The Hall–Kier alpha value is -1.92. The van der Waals surface area contributed by atoms with E-state index in [2.05, 4.69) is 5.32 Å². The smallest absolute Gasteiger partial charge is 0.254 e. The van der Waals surface area contributed by atoms with E-state index in [1.165, 1.54) is 7.11 Å². The lowest BCUT2D eigenvalue weighted by atomic mass is 9.69. The van der Waals surface area contributed by atoms with E-state index in [1.54, 1.807) is 18.7 Å². The first-order valence-corrected chi connectivity index (χ1v) is 9.18. The van der Waals surface area contributed by atoms with Crippen LogP contribution in [0.25, 0.3) is 0 Å². The fraction of sp³-hybridized carbons (Fsp3) is 0.600. The van der Waals surface area contributed by atoms with Gasteiger partial charge in [0, 0.05) is 20.2 Å². The third-order valence-electron chi connectivity index (χ3n) is 5.94. The van der Waals surface area contributed by atoms with Crippen molar-refractivity contribution < 1.29 is 19.4 Å². The number of carbonyl (C=O) groups is 2. The lowest BCUT2D eigenvalue weighted by Gasteiger charge is -2.47. The van der Waals surface area contributed by atoms with Crippen LogP contribution in [0.1, 0.15) is 44.7 Å². The van der Waals surface area contributed by atoms with Gasteiger partial charge in [0.1, 0.15) is 5.60 Å². The third kappa shape index (κ3) is 3.35. The van der Waals surface area contributed by atoms with E-state index in [0.29, 0.717) is 32.4 Å². The van der Waals surface area contributed by atoms with Gasteiger partial charge in [-0.15, -0.1) is 0 Å². The molecule has 2 aliphatic rings. The highest BCUT2D eigenvalue weighted by Gasteiger charge is 2.49. The van der Waals surface area contributed by atoms with Crippen molar-refractivity contribution in [2.45, 2.75) is 50.9 Å². The summed E-state index contributed by atoms with van der Waals surface area (Å²) in [6.45, 7) is 4.51. The molecule has 0 saturated carbocycles. The normalized spacial score (nSPS) is 25.8. The second-order valence-corrected chi connectivity index (χ2v) is 7.92. The summed E-state index contributed by atoms with van der Waals surface area (Å²) in [7, 11) is 1.53. The summed E-state index contributed by atoms with van der Waals surface area (Å²) in [5.41, 5.74) is -0.548. The molecule has 0 aromatic heterocycles. The predicted octanol–water partition coefficient (Wildman–Crippen LogP) is 1.64. The Labute approximate surface area is 154 Å². The molecule has 0 unspecified atom stereocenters. The number of likely N-dealkylation sites (tertiary alicyclic amines) is 1. The first kappa shape index (κ1) is 18.9. The maximum Gasteiger partial charge on any atom is 0.254 e. The van der Waals surface area contributed by atoms with Crippen molar-refractivity contribution in [2.75, 3.05) is 20.2 Å². The maximum absolute atomic E-state index is 12.9. The number of nitrogens with zero attached hydrogens (tertiary/aromatic N) is 1. The summed E-state index contributed by atoms with van der Waals surface area (Å²) in [4.78, 5) is 27.2. The minimum Gasteiger partial charge on any atom is -0.391 e. The van der Waals surface area contributed by atoms with Crippen LogP contribution in [0.15, 0.2) is 30.3 Å². The molecule has 2 N–H and O–H groups in total. The fourth-order valence-electron chi connectivity index (χ4n) is 4.00. The van der Waals surface area contributed by atoms with Crippen molar-refractivity contribution in [3.05, 3.63) is 35.9 Å². The molecule has 0 radical (unpaired) electrons. The summed E-state index contributed by atoms with van der Waals surface area (Å²) in [5, 5.41) is 13.7. The summed E-state index contributed by atoms with van der Waals surface area (Å²) < 4.78 is 5.28. The van der Waals surface area contributed by atoms with Crippen LogP contribution in [0.5, 0.6) is 0 Å². The molecule has 6 heteroatoms. The Morgan fingerprint density at radius 1 is 1.27 bits per heavy atom. The molecule has 6 nitrogen and oxygen atoms in total. The summed E-state index contributed by atoms with van der Waals surface area (Å²) in [6.07, 6.45) is 0.910. The monoisotopic (exact) mass is 360 g/mol. The summed E-state index contributed by atoms with van der Waals surface area (Å²) >= 11 is 0. The SMILES string of the molecule is COC(C)(C)C(=O)N1CCC2(CC1)C[C@@H](O)[C@H](c1ccccc1)NC2=O. The molecule has 142 valence electrons. The van der Waals surface area contributed by atoms with Crippen molar-refractivity contribution in [3.8, 4) is 0 Å². The van der Waals surface area contributed by atoms with E-state index in [0.717, 1.165) is 5.56 Å². The van der Waals surface area contributed by atoms with Crippen LogP contribution in [0.4, 0.5) is 0 Å². The summed E-state index contributed by atoms with van der Waals surface area (Å²) in [6, 6.07) is 9.18. The van der Waals surface area contributed by atoms with Crippen LogP contribution in [0.3, 0.4) is 0 Å². The molecule has 2 amide bonds. The Morgan fingerprint density at radius 2 is 1.88 bits per heavy atom. The standard InChI is InChI=1S/C20H28N2O4/c1-19(2,26-3)18(25)22-11-9-20(10-12-22)13-15(23)16(21-17(20)24)14-7-5-4-6-8-14/h4-8,15-16,23H,9-13H2,1-3H3,(H,21,24)/t15-,16+/m1/s1. The van der Waals surface area contributed by atoms with Gasteiger partial charge in [0.25, 0.3) is 5.91 Å². The number of nitrogens with one attached hydrogen (secondary N) is 1. The highest BCUT2D eigenvalue weighted by Crippen LogP contribution is 2.42. The second-order valence-electron chi connectivity index (χ2n) is 7.92. The lowest BCUT2D eigenvalue weighted by molar-refractivity contribution is -0.158. The van der Waals surface area contributed by atoms with Gasteiger partial charge in [0.2, 0.25) is 5.91 Å². The highest BCUT2D eigenvalue weighted by molar-refractivity contribution is 5.86. The van der Waals surface area contributed by atoms with Crippen molar-refractivity contribution in [1.29, 1.82) is 0 Å². The molecule has 1 aromatic rings. The van der Waals surface area contributed by atoms with Gasteiger partial charge in [0.05, 0.1) is 17.6 Å². The van der Waals surface area contributed by atoms with Gasteiger partial charge in [-0.2, -0.15) is 0 Å². The van der Waals surface area contributed by atoms with Gasteiger partial charge in [-0.05, 0) is 38.7 Å². The molecule has 0 bridgehead atoms. The van der Waals surface area contributed by atoms with Crippen LogP contribution >= 0.6 is 0 Å². The number of hydrogen-bond acceptors (Lipinski definition) is 4. The number of carbonyl (C=O) groups excluding carboxylic acids is 2. The molecule has 2 saturated heterocycles. The second kappa shape index (κ2) is 7.00. The minimum atomic E-state index is -0.864. The molecular formula is C20H28N2O4. The number of aliphatic hydroxyl groups excluding tert-OH is 1. The topological polar surface area (TPSA) is 78.9 Å². The zero-order valence-electron chi connectivity index (χ0n) is 15.7. The largest absolute Gasteiger partial charge is 0.391 e. The molecule has 2 aliphatic heterocycles. The number of ether oxygens (including phenoxy) is 1. The Kier molecular flexibility index (Phi) is 5.08. The number of aliphatic hydroxyl groups is 1. The zero-order chi connectivity index (χ0) is 18.9. The van der Waals surface area contributed by atoms with E-state index >= 15 is 0 Å². The first-order valence-electron chi connectivity index (χ1n) is 9.18. The van der Waals surface area contributed by atoms with E-state index in [1.807, 2.05) is 30.3 Å². The van der Waals surface area contributed by atoms with Crippen LogP contribution in [-0.4, -0.2) is 53.7 Å². The predicted molar refractivity (Wildman–Crippen MR) is 97.3 cm³/mol. The number of amides is 2. The fourth-order valence-corrected chi connectivity index (χ4v) is 4.00. The van der Waals surface area contributed by atoms with Gasteiger partial charge < -0.3 is 20.1 Å². The van der Waals surface area contributed by atoms with Gasteiger partial charge in [0.15, 0.2) is 0 Å². The van der Waals surface area contributed by atoms with Crippen molar-refractivity contribution in [1.82, 2.24) is 10.2 Å². The van der Waals surface area contributed by atoms with Gasteiger partial charge >= 0.3 is 0 Å². The van der Waals surface area contributed by atoms with Gasteiger partial charge in [-0.25, -0.2) is 0 Å². The van der Waals surface area contributed by atoms with Crippen LogP contribution < -0.4 is 5.32 Å². The lowest BCUT2D eigenvalue weighted by Crippen LogP contribution is -2.59. The summed E-state index contributed by atoms with van der Waals surface area (Å²) in [5.74, 6) is -0.0801. The molecule has 26 heavy (non-hydrogen) atoms. The number of hydrogen-bond donors (Lipinski definition) is 2. The number of methoxy groups -OCH3 is 1. The van der Waals surface area contributed by atoms with E-state index < -0.39 is 17.1 Å². The average molecular weight is 360 g/mol. The van der Waals surface area contributed by atoms with Crippen LogP contribution in [0.2, 0.25) is 0 Å². The molecular weight excluding hydrogens is 332 g/mol.